The molecular weight excluding hydrogens is 220 g/mol. The first-order chi connectivity index (χ1) is 7.68. The van der Waals surface area contributed by atoms with Crippen LogP contribution in [0.2, 0.25) is 0 Å². The van der Waals surface area contributed by atoms with Crippen LogP contribution in [0.15, 0.2) is 11.6 Å². The van der Waals surface area contributed by atoms with E-state index in [1.165, 1.54) is 19.3 Å². The molecule has 0 saturated carbocycles. The van der Waals surface area contributed by atoms with Crippen molar-refractivity contribution in [2.75, 3.05) is 13.2 Å². The van der Waals surface area contributed by atoms with E-state index >= 15 is 0 Å². The summed E-state index contributed by atoms with van der Waals surface area (Å²) < 4.78 is 5.71. The molecule has 3 nitrogen and oxygen atoms in total. The van der Waals surface area contributed by atoms with Crippen molar-refractivity contribution in [3.8, 4) is 0 Å². The summed E-state index contributed by atoms with van der Waals surface area (Å²) in [6.07, 6.45) is 5.94. The van der Waals surface area contributed by atoms with Gasteiger partial charge in [-0.1, -0.05) is 0 Å². The van der Waals surface area contributed by atoms with Gasteiger partial charge < -0.3 is 10.1 Å². The zero-order valence-electron chi connectivity index (χ0n) is 10.0. The lowest BCUT2D eigenvalue weighted by molar-refractivity contribution is 0.0129. The number of nitrogens with one attached hydrogen (secondary N) is 1. The Hall–Kier alpha value is -0.450. The van der Waals surface area contributed by atoms with Crippen molar-refractivity contribution in [3.63, 3.8) is 0 Å². The highest BCUT2D eigenvalue weighted by molar-refractivity contribution is 7.09. The van der Waals surface area contributed by atoms with Gasteiger partial charge in [0.1, 0.15) is 5.01 Å². The molecular formula is C12H20N2OS. The Morgan fingerprint density at radius 3 is 3.06 bits per heavy atom. The predicted octanol–water partition coefficient (Wildman–Crippen LogP) is 2.54. The fourth-order valence-corrected chi connectivity index (χ4v) is 2.68. The number of rotatable bonds is 4. The first-order valence-corrected chi connectivity index (χ1v) is 6.83. The van der Waals surface area contributed by atoms with Crippen LogP contribution >= 0.6 is 11.3 Å². The minimum atomic E-state index is -0.0467. The van der Waals surface area contributed by atoms with Crippen molar-refractivity contribution >= 4 is 11.3 Å². The van der Waals surface area contributed by atoms with Crippen molar-refractivity contribution in [2.24, 2.45) is 0 Å². The molecule has 1 aliphatic heterocycles. The third kappa shape index (κ3) is 3.03. The van der Waals surface area contributed by atoms with Crippen molar-refractivity contribution in [3.05, 3.63) is 16.6 Å². The maximum Gasteiger partial charge on any atom is 0.112 e. The fourth-order valence-electron chi connectivity index (χ4n) is 1.95. The molecule has 1 aromatic heterocycles. The quantitative estimate of drug-likeness (QED) is 0.878. The lowest BCUT2D eigenvalue weighted by atomic mass is 10.0. The van der Waals surface area contributed by atoms with E-state index in [2.05, 4.69) is 24.1 Å². The van der Waals surface area contributed by atoms with Gasteiger partial charge in [-0.15, -0.1) is 11.3 Å². The van der Waals surface area contributed by atoms with E-state index in [9.17, 15) is 0 Å². The van der Waals surface area contributed by atoms with Crippen LogP contribution in [0.1, 0.15) is 38.1 Å². The smallest absolute Gasteiger partial charge is 0.112 e. The van der Waals surface area contributed by atoms with Crippen LogP contribution in [0.3, 0.4) is 0 Å². The summed E-state index contributed by atoms with van der Waals surface area (Å²) in [5, 5.41) is 6.72. The average Bonchev–Trinajstić information content (AvgIpc) is 2.82. The molecule has 0 radical (unpaired) electrons. The second-order valence-corrected chi connectivity index (χ2v) is 5.73. The highest BCUT2D eigenvalue weighted by Crippen LogP contribution is 2.22. The zero-order valence-corrected chi connectivity index (χ0v) is 10.8. The predicted molar refractivity (Wildman–Crippen MR) is 66.7 cm³/mol. The second-order valence-electron chi connectivity index (χ2n) is 4.83. The van der Waals surface area contributed by atoms with Gasteiger partial charge in [0, 0.05) is 24.7 Å². The number of nitrogens with zero attached hydrogens (tertiary/aromatic N) is 1. The van der Waals surface area contributed by atoms with Gasteiger partial charge in [0.05, 0.1) is 11.6 Å². The minimum absolute atomic E-state index is 0.0467. The van der Waals surface area contributed by atoms with Gasteiger partial charge in [0.25, 0.3) is 0 Å². The molecule has 1 unspecified atom stereocenters. The van der Waals surface area contributed by atoms with E-state index < -0.39 is 0 Å². The van der Waals surface area contributed by atoms with E-state index in [1.54, 1.807) is 11.3 Å². The first kappa shape index (κ1) is 12.0. The lowest BCUT2D eigenvalue weighted by Crippen LogP contribution is -2.42. The number of hydrogen-bond donors (Lipinski definition) is 1. The Bertz CT molecular complexity index is 305. The Balaban J connectivity index is 1.84. The Kier molecular flexibility index (Phi) is 3.95. The van der Waals surface area contributed by atoms with Crippen molar-refractivity contribution in [2.45, 2.75) is 44.8 Å². The van der Waals surface area contributed by atoms with Gasteiger partial charge in [-0.2, -0.15) is 0 Å². The summed E-state index contributed by atoms with van der Waals surface area (Å²) in [6, 6.07) is 0. The van der Waals surface area contributed by atoms with Crippen LogP contribution in [-0.4, -0.2) is 24.2 Å². The highest BCUT2D eigenvalue weighted by Gasteiger charge is 2.24. The van der Waals surface area contributed by atoms with E-state index in [0.29, 0.717) is 6.10 Å². The molecule has 2 rings (SSSR count). The molecule has 2 heterocycles. The van der Waals surface area contributed by atoms with Crippen LogP contribution in [0, 0.1) is 0 Å². The number of ether oxygens (including phenoxy) is 1. The first-order valence-electron chi connectivity index (χ1n) is 5.95. The van der Waals surface area contributed by atoms with Crippen LogP contribution < -0.4 is 5.32 Å². The average molecular weight is 240 g/mol. The molecule has 0 amide bonds. The summed E-state index contributed by atoms with van der Waals surface area (Å²) in [6.45, 7) is 6.19. The van der Waals surface area contributed by atoms with E-state index in [4.69, 9.17) is 4.74 Å². The minimum Gasteiger partial charge on any atom is -0.377 e. The molecule has 16 heavy (non-hydrogen) atoms. The van der Waals surface area contributed by atoms with E-state index in [0.717, 1.165) is 18.2 Å². The van der Waals surface area contributed by atoms with Crippen molar-refractivity contribution in [1.82, 2.24) is 10.3 Å². The molecule has 1 N–H and O–H groups in total. The largest absolute Gasteiger partial charge is 0.377 e. The van der Waals surface area contributed by atoms with Crippen molar-refractivity contribution in [1.29, 1.82) is 0 Å². The Morgan fingerprint density at radius 1 is 1.56 bits per heavy atom. The molecule has 0 spiro atoms. The summed E-state index contributed by atoms with van der Waals surface area (Å²) in [7, 11) is 0. The molecule has 1 fully saturated rings. The number of aromatic nitrogens is 1. The number of thiazole rings is 1. The summed E-state index contributed by atoms with van der Waals surface area (Å²) in [5.41, 5.74) is -0.0467. The van der Waals surface area contributed by atoms with Gasteiger partial charge >= 0.3 is 0 Å². The van der Waals surface area contributed by atoms with Gasteiger partial charge in [-0.25, -0.2) is 4.98 Å². The molecule has 1 saturated heterocycles. The molecule has 0 bridgehead atoms. The Labute approximate surface area is 101 Å². The van der Waals surface area contributed by atoms with Gasteiger partial charge in [-0.05, 0) is 33.1 Å². The third-order valence-electron chi connectivity index (χ3n) is 3.01. The van der Waals surface area contributed by atoms with Gasteiger partial charge in [-0.3, -0.25) is 0 Å². The van der Waals surface area contributed by atoms with Crippen LogP contribution in [0.4, 0.5) is 0 Å². The third-order valence-corrected chi connectivity index (χ3v) is 4.11. The molecule has 90 valence electrons. The maximum atomic E-state index is 5.71. The SMILES string of the molecule is CC(C)(NCC1CCCCO1)c1nccs1. The fraction of sp³-hybridized carbons (Fsp3) is 0.750. The van der Waals surface area contributed by atoms with Crippen LogP contribution in [0.5, 0.6) is 0 Å². The normalized spacial score (nSPS) is 22.2. The van der Waals surface area contributed by atoms with Crippen LogP contribution in [0.25, 0.3) is 0 Å². The van der Waals surface area contributed by atoms with E-state index in [-0.39, 0.29) is 5.54 Å². The van der Waals surface area contributed by atoms with Gasteiger partial charge in [0.2, 0.25) is 0 Å². The number of hydrogen-bond acceptors (Lipinski definition) is 4. The molecule has 4 heteroatoms. The standard InChI is InChI=1S/C12H20N2OS/c1-12(2,11-13-6-8-16-11)14-9-10-5-3-4-7-15-10/h6,8,10,14H,3-5,7,9H2,1-2H3. The molecule has 0 aromatic carbocycles. The second kappa shape index (κ2) is 5.25. The highest BCUT2D eigenvalue weighted by atomic mass is 32.1. The summed E-state index contributed by atoms with van der Waals surface area (Å²) in [4.78, 5) is 4.37. The van der Waals surface area contributed by atoms with Gasteiger partial charge in [0.15, 0.2) is 0 Å². The van der Waals surface area contributed by atoms with Crippen molar-refractivity contribution < 1.29 is 4.74 Å². The monoisotopic (exact) mass is 240 g/mol. The molecule has 0 aliphatic carbocycles. The lowest BCUT2D eigenvalue weighted by Gasteiger charge is -2.29. The van der Waals surface area contributed by atoms with Crippen LogP contribution in [-0.2, 0) is 10.3 Å². The Morgan fingerprint density at radius 2 is 2.44 bits per heavy atom. The summed E-state index contributed by atoms with van der Waals surface area (Å²) >= 11 is 1.70. The maximum absolute atomic E-state index is 5.71. The molecule has 1 atom stereocenters. The molecule has 1 aliphatic rings. The topological polar surface area (TPSA) is 34.1 Å². The van der Waals surface area contributed by atoms with E-state index in [1.807, 2.05) is 11.6 Å². The molecule has 1 aromatic rings. The zero-order chi connectivity index (χ0) is 11.4. The summed E-state index contributed by atoms with van der Waals surface area (Å²) in [5.74, 6) is 0.